The van der Waals surface area contributed by atoms with Gasteiger partial charge in [0.15, 0.2) is 0 Å². The molecule has 1 fully saturated rings. The molecule has 4 heteroatoms. The van der Waals surface area contributed by atoms with Gasteiger partial charge in [-0.3, -0.25) is 4.68 Å². The van der Waals surface area contributed by atoms with E-state index in [1.54, 1.807) is 0 Å². The van der Waals surface area contributed by atoms with Gasteiger partial charge < -0.3 is 11.1 Å². The fourth-order valence-electron chi connectivity index (χ4n) is 2.02. The first-order chi connectivity index (χ1) is 8.20. The van der Waals surface area contributed by atoms with E-state index >= 15 is 0 Å². The van der Waals surface area contributed by atoms with Gasteiger partial charge in [-0.25, -0.2) is 0 Å². The lowest BCUT2D eigenvalue weighted by Gasteiger charge is -2.15. The van der Waals surface area contributed by atoms with E-state index in [1.807, 2.05) is 10.9 Å². The first-order valence-electron chi connectivity index (χ1n) is 6.68. The van der Waals surface area contributed by atoms with Crippen LogP contribution in [0.3, 0.4) is 0 Å². The molecule has 4 nitrogen and oxygen atoms in total. The van der Waals surface area contributed by atoms with Crippen LogP contribution in [0.25, 0.3) is 0 Å². The van der Waals surface area contributed by atoms with Crippen LogP contribution >= 0.6 is 0 Å². The topological polar surface area (TPSA) is 55.9 Å². The van der Waals surface area contributed by atoms with Crippen molar-refractivity contribution < 1.29 is 0 Å². The lowest BCUT2D eigenvalue weighted by atomic mass is 10.1. The fourth-order valence-corrected chi connectivity index (χ4v) is 2.02. The summed E-state index contributed by atoms with van der Waals surface area (Å²) in [6, 6.07) is 0.662. The predicted octanol–water partition coefficient (Wildman–Crippen LogP) is 1.85. The number of nitrogens with two attached hydrogens (primary N) is 1. The molecule has 96 valence electrons. The van der Waals surface area contributed by atoms with Crippen molar-refractivity contribution in [2.75, 3.05) is 13.1 Å². The molecular formula is C13H24N4. The zero-order valence-electron chi connectivity index (χ0n) is 10.9. The van der Waals surface area contributed by atoms with Gasteiger partial charge in [0.05, 0.1) is 6.20 Å². The van der Waals surface area contributed by atoms with Gasteiger partial charge >= 0.3 is 0 Å². The molecular weight excluding hydrogens is 212 g/mol. The largest absolute Gasteiger partial charge is 0.329 e. The minimum Gasteiger partial charge on any atom is -0.329 e. The third-order valence-electron chi connectivity index (χ3n) is 3.43. The van der Waals surface area contributed by atoms with Crippen LogP contribution in [0.15, 0.2) is 12.4 Å². The van der Waals surface area contributed by atoms with E-state index in [0.29, 0.717) is 12.6 Å². The summed E-state index contributed by atoms with van der Waals surface area (Å²) >= 11 is 0. The highest BCUT2D eigenvalue weighted by molar-refractivity contribution is 5.11. The van der Waals surface area contributed by atoms with Crippen LogP contribution in [0.4, 0.5) is 0 Å². The number of nitrogens with one attached hydrogen (secondary N) is 1. The second-order valence-electron chi connectivity index (χ2n) is 5.32. The minimum atomic E-state index is 0.251. The molecule has 2 rings (SSSR count). The average Bonchev–Trinajstić information content (AvgIpc) is 2.99. The van der Waals surface area contributed by atoms with Gasteiger partial charge in [-0.2, -0.15) is 5.10 Å². The van der Waals surface area contributed by atoms with Crippen LogP contribution in [0.2, 0.25) is 0 Å². The lowest BCUT2D eigenvalue weighted by Crippen LogP contribution is -2.29. The van der Waals surface area contributed by atoms with E-state index in [2.05, 4.69) is 30.5 Å². The summed E-state index contributed by atoms with van der Waals surface area (Å²) in [6.07, 6.45) is 8.16. The minimum absolute atomic E-state index is 0.251. The monoisotopic (exact) mass is 236 g/mol. The Morgan fingerprint density at radius 1 is 1.53 bits per heavy atom. The van der Waals surface area contributed by atoms with Crippen LogP contribution in [0.5, 0.6) is 0 Å². The summed E-state index contributed by atoms with van der Waals surface area (Å²) in [7, 11) is 0. The van der Waals surface area contributed by atoms with E-state index in [9.17, 15) is 0 Å². The predicted molar refractivity (Wildman–Crippen MR) is 69.8 cm³/mol. The lowest BCUT2D eigenvalue weighted by molar-refractivity contribution is 0.510. The molecule has 0 aromatic carbocycles. The van der Waals surface area contributed by atoms with E-state index in [1.165, 1.54) is 24.8 Å². The summed E-state index contributed by atoms with van der Waals surface area (Å²) in [4.78, 5) is 0. The second kappa shape index (κ2) is 5.65. The van der Waals surface area contributed by atoms with Gasteiger partial charge in [-0.1, -0.05) is 12.8 Å². The zero-order valence-corrected chi connectivity index (χ0v) is 10.9. The second-order valence-corrected chi connectivity index (χ2v) is 5.32. The van der Waals surface area contributed by atoms with Crippen LogP contribution in [0.1, 0.15) is 50.8 Å². The Hall–Kier alpha value is -0.870. The fraction of sp³-hybridized carbons (Fsp3) is 0.769. The van der Waals surface area contributed by atoms with Gasteiger partial charge in [0, 0.05) is 30.4 Å². The SMILES string of the molecule is CC(C)n1cc(C(CN)NCCC2CC2)cn1. The Balaban J connectivity index is 1.86. The molecule has 1 heterocycles. The van der Waals surface area contributed by atoms with E-state index in [-0.39, 0.29) is 6.04 Å². The highest BCUT2D eigenvalue weighted by atomic mass is 15.3. The van der Waals surface area contributed by atoms with Gasteiger partial charge in [0.2, 0.25) is 0 Å². The molecule has 1 saturated carbocycles. The molecule has 0 radical (unpaired) electrons. The molecule has 1 unspecified atom stereocenters. The molecule has 3 N–H and O–H groups in total. The van der Waals surface area contributed by atoms with Gasteiger partial charge in [0.1, 0.15) is 0 Å². The number of aromatic nitrogens is 2. The molecule has 1 atom stereocenters. The van der Waals surface area contributed by atoms with Crippen molar-refractivity contribution in [1.82, 2.24) is 15.1 Å². The molecule has 17 heavy (non-hydrogen) atoms. The van der Waals surface area contributed by atoms with Crippen molar-refractivity contribution in [2.24, 2.45) is 11.7 Å². The van der Waals surface area contributed by atoms with Crippen molar-refractivity contribution >= 4 is 0 Å². The Labute approximate surface area is 104 Å². The highest BCUT2D eigenvalue weighted by Crippen LogP contribution is 2.31. The van der Waals surface area contributed by atoms with Crippen molar-refractivity contribution in [1.29, 1.82) is 0 Å². The van der Waals surface area contributed by atoms with Gasteiger partial charge in [-0.05, 0) is 32.7 Å². The van der Waals surface area contributed by atoms with Crippen LogP contribution in [-0.4, -0.2) is 22.9 Å². The maximum atomic E-state index is 5.82. The summed E-state index contributed by atoms with van der Waals surface area (Å²) in [5.41, 5.74) is 7.03. The Morgan fingerprint density at radius 3 is 2.82 bits per heavy atom. The van der Waals surface area contributed by atoms with Crippen molar-refractivity contribution in [3.8, 4) is 0 Å². The Bertz CT molecular complexity index is 341. The molecule has 0 aliphatic heterocycles. The molecule has 0 spiro atoms. The maximum absolute atomic E-state index is 5.82. The van der Waals surface area contributed by atoms with E-state index in [4.69, 9.17) is 5.73 Å². The highest BCUT2D eigenvalue weighted by Gasteiger charge is 2.21. The standard InChI is InChI=1S/C13H24N4/c1-10(2)17-9-12(8-16-17)13(7-14)15-6-5-11-3-4-11/h8-11,13,15H,3-7,14H2,1-2H3. The van der Waals surface area contributed by atoms with Gasteiger partial charge in [-0.15, -0.1) is 0 Å². The number of rotatable bonds is 7. The molecule has 0 amide bonds. The van der Waals surface area contributed by atoms with E-state index < -0.39 is 0 Å². The summed E-state index contributed by atoms with van der Waals surface area (Å²) < 4.78 is 1.99. The van der Waals surface area contributed by atoms with Crippen molar-refractivity contribution in [3.05, 3.63) is 18.0 Å². The van der Waals surface area contributed by atoms with Crippen molar-refractivity contribution in [3.63, 3.8) is 0 Å². The van der Waals surface area contributed by atoms with Crippen LogP contribution < -0.4 is 11.1 Å². The first-order valence-corrected chi connectivity index (χ1v) is 6.68. The first kappa shape index (κ1) is 12.6. The summed E-state index contributed by atoms with van der Waals surface area (Å²) in [5, 5.41) is 7.89. The summed E-state index contributed by atoms with van der Waals surface area (Å²) in [6.45, 7) is 5.97. The van der Waals surface area contributed by atoms with Gasteiger partial charge in [0.25, 0.3) is 0 Å². The number of hydrogen-bond donors (Lipinski definition) is 2. The smallest absolute Gasteiger partial charge is 0.0538 e. The van der Waals surface area contributed by atoms with E-state index in [0.717, 1.165) is 12.5 Å². The van der Waals surface area contributed by atoms with Crippen LogP contribution in [-0.2, 0) is 0 Å². The Morgan fingerprint density at radius 2 is 2.29 bits per heavy atom. The van der Waals surface area contributed by atoms with Crippen LogP contribution in [0, 0.1) is 5.92 Å². The maximum Gasteiger partial charge on any atom is 0.0538 e. The third kappa shape index (κ3) is 3.54. The molecule has 1 aromatic rings. The number of nitrogens with zero attached hydrogens (tertiary/aromatic N) is 2. The summed E-state index contributed by atoms with van der Waals surface area (Å²) in [5.74, 6) is 0.972. The Kier molecular flexibility index (Phi) is 4.18. The zero-order chi connectivity index (χ0) is 12.3. The quantitative estimate of drug-likeness (QED) is 0.759. The molecule has 0 bridgehead atoms. The normalized spacial score (nSPS) is 17.6. The molecule has 0 saturated heterocycles. The third-order valence-corrected chi connectivity index (χ3v) is 3.43. The van der Waals surface area contributed by atoms with Crippen molar-refractivity contribution in [2.45, 2.75) is 45.2 Å². The molecule has 1 aliphatic rings. The molecule has 1 aliphatic carbocycles. The number of hydrogen-bond acceptors (Lipinski definition) is 3. The average molecular weight is 236 g/mol. The molecule has 1 aromatic heterocycles.